The zero-order valence-electron chi connectivity index (χ0n) is 36.5. The number of rotatable bonds is 43. The van der Waals surface area contributed by atoms with Crippen LogP contribution < -0.4 is 5.32 Å². The lowest BCUT2D eigenvalue weighted by molar-refractivity contribution is -0.147. The van der Waals surface area contributed by atoms with Crippen molar-refractivity contribution in [2.24, 2.45) is 0 Å². The van der Waals surface area contributed by atoms with Gasteiger partial charge in [-0.25, -0.2) is 4.57 Å². The Kier molecular flexibility index (Phi) is 42.0. The van der Waals surface area contributed by atoms with E-state index in [0.29, 0.717) is 6.42 Å². The summed E-state index contributed by atoms with van der Waals surface area (Å²) >= 11 is 0. The molecule has 0 bridgehead atoms. The topological polar surface area (TPSA) is 131 Å². The van der Waals surface area contributed by atoms with Crippen molar-refractivity contribution >= 4 is 19.7 Å². The highest BCUT2D eigenvalue weighted by atomic mass is 31.2. The number of amides is 1. The van der Waals surface area contributed by atoms with E-state index in [0.717, 1.165) is 57.8 Å². The minimum atomic E-state index is -4.42. The number of allylic oxidation sites excluding steroid dienone is 8. The molecule has 10 heteroatoms. The lowest BCUT2D eigenvalue weighted by atomic mass is 10.1. The Morgan fingerprint density at radius 3 is 1.40 bits per heavy atom. The summed E-state index contributed by atoms with van der Waals surface area (Å²) in [5, 5.41) is 12.7. The first-order chi connectivity index (χ1) is 27.8. The maximum atomic E-state index is 12.1. The molecule has 0 saturated carbocycles. The van der Waals surface area contributed by atoms with Crippen molar-refractivity contribution in [3.05, 3.63) is 48.6 Å². The molecule has 0 radical (unpaired) electrons. The quantitative estimate of drug-likeness (QED) is 0.0240. The number of aliphatic hydroxyl groups excluding tert-OH is 1. The highest BCUT2D eigenvalue weighted by Crippen LogP contribution is 2.42. The van der Waals surface area contributed by atoms with E-state index in [1.54, 1.807) is 0 Å². The van der Waals surface area contributed by atoms with Gasteiger partial charge in [-0.2, -0.15) is 0 Å². The van der Waals surface area contributed by atoms with Gasteiger partial charge in [-0.05, 0) is 77.0 Å². The van der Waals surface area contributed by atoms with Crippen LogP contribution in [-0.4, -0.2) is 54.3 Å². The Hall–Kier alpha value is -2.03. The summed E-state index contributed by atoms with van der Waals surface area (Å²) in [5.74, 6) is -0.527. The smallest absolute Gasteiger partial charge is 0.463 e. The van der Waals surface area contributed by atoms with E-state index in [1.807, 2.05) is 0 Å². The van der Waals surface area contributed by atoms with Gasteiger partial charge in [0, 0.05) is 19.4 Å². The van der Waals surface area contributed by atoms with Gasteiger partial charge in [0.15, 0.2) is 0 Å². The number of carbonyl (C=O) groups is 2. The van der Waals surface area contributed by atoms with Crippen LogP contribution in [0.3, 0.4) is 0 Å². The van der Waals surface area contributed by atoms with E-state index in [9.17, 15) is 24.2 Å². The Morgan fingerprint density at radius 1 is 0.544 bits per heavy atom. The molecule has 0 spiro atoms. The zero-order chi connectivity index (χ0) is 41.8. The molecule has 2 unspecified atom stereocenters. The fourth-order valence-electron chi connectivity index (χ4n) is 6.21. The van der Waals surface area contributed by atoms with Crippen LogP contribution in [0.5, 0.6) is 0 Å². The molecule has 0 aromatic heterocycles. The molecule has 2 atom stereocenters. The van der Waals surface area contributed by atoms with E-state index in [4.69, 9.17) is 13.8 Å². The van der Waals surface area contributed by atoms with Crippen molar-refractivity contribution in [1.82, 2.24) is 5.32 Å². The number of esters is 1. The second kappa shape index (κ2) is 43.5. The minimum Gasteiger partial charge on any atom is -0.463 e. The van der Waals surface area contributed by atoms with Crippen molar-refractivity contribution in [2.75, 3.05) is 26.4 Å². The summed E-state index contributed by atoms with van der Waals surface area (Å²) in [6.45, 7) is 3.50. The standard InChI is InChI=1S/C47H86NO8P/c1-3-5-7-9-11-13-15-17-19-21-22-24-26-28-30-32-34-36-38-40-47(51)54-43-45(49)44-56-57(52,53)55-42-41-48-46(50)39-37-35-33-31-29-27-25-23-20-18-16-14-12-10-8-6-4-2/h11-14,17-20,45,49H,3-10,15-16,21-44H2,1-2H3,(H,48,50)(H,52,53)/b13-11-,14-12-,19-17-,20-18-. The maximum absolute atomic E-state index is 12.1. The summed E-state index contributed by atoms with van der Waals surface area (Å²) in [5.41, 5.74) is 0. The molecule has 0 saturated heterocycles. The van der Waals surface area contributed by atoms with Crippen molar-refractivity contribution in [1.29, 1.82) is 0 Å². The molecule has 9 nitrogen and oxygen atoms in total. The predicted molar refractivity (Wildman–Crippen MR) is 238 cm³/mol. The molecule has 0 aliphatic rings. The summed E-state index contributed by atoms with van der Waals surface area (Å²) in [6.07, 6.45) is 50.3. The zero-order valence-corrected chi connectivity index (χ0v) is 37.4. The summed E-state index contributed by atoms with van der Waals surface area (Å²) in [4.78, 5) is 34.0. The molecule has 0 aliphatic heterocycles. The summed E-state index contributed by atoms with van der Waals surface area (Å²) in [7, 11) is -4.42. The molecular weight excluding hydrogens is 737 g/mol. The third kappa shape index (κ3) is 44.9. The van der Waals surface area contributed by atoms with Gasteiger partial charge >= 0.3 is 13.8 Å². The normalized spacial score (nSPS) is 13.7. The number of unbranched alkanes of at least 4 members (excludes halogenated alkanes) is 22. The molecular formula is C47H86NO8P. The molecule has 57 heavy (non-hydrogen) atoms. The second-order valence-corrected chi connectivity index (χ2v) is 16.8. The summed E-state index contributed by atoms with van der Waals surface area (Å²) < 4.78 is 26.9. The van der Waals surface area contributed by atoms with E-state index >= 15 is 0 Å². The monoisotopic (exact) mass is 824 g/mol. The van der Waals surface area contributed by atoms with Crippen LogP contribution in [0.25, 0.3) is 0 Å². The molecule has 0 fully saturated rings. The van der Waals surface area contributed by atoms with Gasteiger partial charge in [-0.3, -0.25) is 18.6 Å². The average molecular weight is 824 g/mol. The molecule has 0 aromatic carbocycles. The first-order valence-electron chi connectivity index (χ1n) is 23.1. The highest BCUT2D eigenvalue weighted by molar-refractivity contribution is 7.47. The number of phosphoric ester groups is 1. The fraction of sp³-hybridized carbons (Fsp3) is 0.787. The van der Waals surface area contributed by atoms with Crippen molar-refractivity contribution in [3.63, 3.8) is 0 Å². The largest absolute Gasteiger partial charge is 0.472 e. The van der Waals surface area contributed by atoms with Crippen LogP contribution in [-0.2, 0) is 27.9 Å². The highest BCUT2D eigenvalue weighted by Gasteiger charge is 2.23. The van der Waals surface area contributed by atoms with Gasteiger partial charge < -0.3 is 20.1 Å². The lowest BCUT2D eigenvalue weighted by Crippen LogP contribution is -2.27. The molecule has 1 amide bonds. The van der Waals surface area contributed by atoms with Gasteiger partial charge in [0.05, 0.1) is 13.2 Å². The molecule has 0 rings (SSSR count). The van der Waals surface area contributed by atoms with Gasteiger partial charge in [-0.15, -0.1) is 0 Å². The van der Waals surface area contributed by atoms with Crippen molar-refractivity contribution in [3.8, 4) is 0 Å². The number of phosphoric acid groups is 1. The van der Waals surface area contributed by atoms with Crippen LogP contribution in [0.4, 0.5) is 0 Å². The molecule has 0 aromatic rings. The molecule has 0 aliphatic carbocycles. The first kappa shape index (κ1) is 55.0. The number of nitrogens with one attached hydrogen (secondary N) is 1. The van der Waals surface area contributed by atoms with Crippen LogP contribution >= 0.6 is 7.82 Å². The summed E-state index contributed by atoms with van der Waals surface area (Å²) in [6, 6.07) is 0. The fourth-order valence-corrected chi connectivity index (χ4v) is 6.96. The number of carbonyl (C=O) groups excluding carboxylic acids is 2. The van der Waals surface area contributed by atoms with Crippen LogP contribution in [0.2, 0.25) is 0 Å². The Labute approximate surface area is 349 Å². The molecule has 3 N–H and O–H groups in total. The first-order valence-corrected chi connectivity index (χ1v) is 24.6. The average Bonchev–Trinajstić information content (AvgIpc) is 3.20. The number of hydrogen-bond acceptors (Lipinski definition) is 7. The van der Waals surface area contributed by atoms with Gasteiger partial charge in [0.2, 0.25) is 5.91 Å². The number of aliphatic hydroxyl groups is 1. The van der Waals surface area contributed by atoms with Gasteiger partial charge in [-0.1, -0.05) is 165 Å². The van der Waals surface area contributed by atoms with E-state index < -0.39 is 26.5 Å². The number of hydrogen-bond donors (Lipinski definition) is 3. The predicted octanol–water partition coefficient (Wildman–Crippen LogP) is 13.1. The van der Waals surface area contributed by atoms with Crippen LogP contribution in [0.15, 0.2) is 48.6 Å². The molecule has 332 valence electrons. The van der Waals surface area contributed by atoms with Gasteiger partial charge in [0.25, 0.3) is 0 Å². The van der Waals surface area contributed by atoms with Crippen LogP contribution in [0, 0.1) is 0 Å². The lowest BCUT2D eigenvalue weighted by Gasteiger charge is -2.15. The molecule has 0 heterocycles. The number of ether oxygens (including phenoxy) is 1. The second-order valence-electron chi connectivity index (χ2n) is 15.4. The minimum absolute atomic E-state index is 0.0759. The van der Waals surface area contributed by atoms with E-state index in [1.165, 1.54) is 122 Å². The van der Waals surface area contributed by atoms with Crippen LogP contribution in [0.1, 0.15) is 206 Å². The van der Waals surface area contributed by atoms with Crippen molar-refractivity contribution in [2.45, 2.75) is 213 Å². The van der Waals surface area contributed by atoms with E-state index in [-0.39, 0.29) is 32.1 Å². The Morgan fingerprint density at radius 2 is 0.947 bits per heavy atom. The Balaban J connectivity index is 3.60. The third-order valence-corrected chi connectivity index (χ3v) is 10.7. The van der Waals surface area contributed by atoms with Gasteiger partial charge in [0.1, 0.15) is 12.7 Å². The SMILES string of the molecule is CCCCC/C=C\C/C=C\CCCCCCCCCCCC(=O)OCC(O)COP(=O)(O)OCCNC(=O)CCCCCCCCC/C=C\C/C=C\CCCCC. The maximum Gasteiger partial charge on any atom is 0.472 e. The third-order valence-electron chi connectivity index (χ3n) is 9.73. The van der Waals surface area contributed by atoms with Crippen molar-refractivity contribution < 1.29 is 37.9 Å². The Bertz CT molecular complexity index is 1080. The van der Waals surface area contributed by atoms with E-state index in [2.05, 4.69) is 67.8 Å².